The van der Waals surface area contributed by atoms with E-state index in [-0.39, 0.29) is 0 Å². The van der Waals surface area contributed by atoms with Gasteiger partial charge in [0.15, 0.2) is 5.65 Å². The van der Waals surface area contributed by atoms with Crippen LogP contribution in [0.15, 0.2) is 342 Å². The van der Waals surface area contributed by atoms with E-state index in [0.29, 0.717) is 0 Å². The van der Waals surface area contributed by atoms with Crippen molar-refractivity contribution in [2.24, 2.45) is 0 Å². The van der Waals surface area contributed by atoms with E-state index >= 15 is 0 Å². The summed E-state index contributed by atoms with van der Waals surface area (Å²) in [4.78, 5) is 56.6. The molecule has 0 radical (unpaired) electrons. The number of imidazole rings is 4. The van der Waals surface area contributed by atoms with Crippen LogP contribution in [0.4, 0.5) is 0 Å². The van der Waals surface area contributed by atoms with Crippen molar-refractivity contribution in [1.82, 2.24) is 77.4 Å². The number of fused-ring (bicyclic) bond motifs is 60. The van der Waals surface area contributed by atoms with Crippen molar-refractivity contribution < 1.29 is 0 Å². The van der Waals surface area contributed by atoms with Crippen molar-refractivity contribution >= 4 is 154 Å². The van der Waals surface area contributed by atoms with Crippen LogP contribution < -0.4 is 0 Å². The highest BCUT2D eigenvalue weighted by atomic mass is 15.1. The topological polar surface area (TPSA) is 172 Å². The van der Waals surface area contributed by atoms with E-state index in [0.717, 1.165) is 205 Å². The number of pyridine rings is 12. The summed E-state index contributed by atoms with van der Waals surface area (Å²) in [5, 5.41) is 10.9. The van der Waals surface area contributed by atoms with E-state index in [9.17, 15) is 0 Å². The maximum atomic E-state index is 5.20. The quantitative estimate of drug-likeness (QED) is 0.132. The Hall–Kier alpha value is -18.3. The average Bonchev–Trinajstić information content (AvgIpc) is 1.57. The van der Waals surface area contributed by atoms with E-state index < -0.39 is 0 Å². The maximum absolute atomic E-state index is 5.20. The molecule has 0 saturated heterocycles. The number of hydrogen-bond acceptors (Lipinski definition) is 12. The van der Waals surface area contributed by atoms with Gasteiger partial charge in [-0.3, -0.25) is 57.5 Å². The fraction of sp³-hybridized carbons (Fsp3) is 0.0645. The monoisotopic (exact) mass is 1780 g/mol. The molecule has 28 aromatic rings. The van der Waals surface area contributed by atoms with Gasteiger partial charge in [-0.2, -0.15) is 0 Å². The number of rotatable bonds is 0. The minimum atomic E-state index is 0.904. The molecular formula is C124H72N16. The van der Waals surface area contributed by atoms with Crippen molar-refractivity contribution in [3.8, 4) is 89.0 Å². The van der Waals surface area contributed by atoms with Crippen LogP contribution in [0.1, 0.15) is 89.0 Å². The van der Waals surface area contributed by atoms with Gasteiger partial charge in [-0.15, -0.1) is 0 Å². The van der Waals surface area contributed by atoms with Gasteiger partial charge in [0.2, 0.25) is 0 Å². The Labute approximate surface area is 796 Å². The molecule has 8 aliphatic carbocycles. The van der Waals surface area contributed by atoms with Crippen molar-refractivity contribution in [3.05, 3.63) is 431 Å². The predicted molar refractivity (Wildman–Crippen MR) is 559 cm³/mol. The molecule has 36 rings (SSSR count). The van der Waals surface area contributed by atoms with E-state index in [2.05, 4.69) is 295 Å². The molecule has 8 aliphatic rings. The van der Waals surface area contributed by atoms with Crippen LogP contribution in [0.3, 0.4) is 0 Å². The number of hydrogen-bond donors (Lipinski definition) is 0. The zero-order valence-electron chi connectivity index (χ0n) is 75.1. The maximum Gasteiger partial charge on any atom is 0.165 e. The second-order valence-corrected chi connectivity index (χ2v) is 38.9. The Morgan fingerprint density at radius 1 is 0.164 bits per heavy atom. The third-order valence-electron chi connectivity index (χ3n) is 31.8. The Balaban J connectivity index is 0.0000000829. The summed E-state index contributed by atoms with van der Waals surface area (Å²) in [6.45, 7) is 0. The highest BCUT2D eigenvalue weighted by Gasteiger charge is 2.37. The molecule has 0 fully saturated rings. The second-order valence-electron chi connectivity index (χ2n) is 38.9. The summed E-state index contributed by atoms with van der Waals surface area (Å²) in [7, 11) is 0. The Morgan fingerprint density at radius 2 is 0.443 bits per heavy atom. The van der Waals surface area contributed by atoms with E-state index in [1.54, 1.807) is 0 Å². The van der Waals surface area contributed by atoms with E-state index in [4.69, 9.17) is 24.9 Å². The third-order valence-corrected chi connectivity index (χ3v) is 31.8. The lowest BCUT2D eigenvalue weighted by molar-refractivity contribution is 1.23. The molecule has 16 heterocycles. The molecule has 0 spiro atoms. The van der Waals surface area contributed by atoms with Crippen molar-refractivity contribution in [2.75, 3.05) is 0 Å². The molecule has 0 aliphatic heterocycles. The number of nitrogens with zero attached hydrogens (tertiary/aromatic N) is 16. The lowest BCUT2D eigenvalue weighted by atomic mass is 9.94. The fourth-order valence-electron chi connectivity index (χ4n) is 25.9. The fourth-order valence-corrected chi connectivity index (χ4v) is 25.9. The lowest BCUT2D eigenvalue weighted by Crippen LogP contribution is -1.93. The molecule has 0 amide bonds. The Kier molecular flexibility index (Phi) is 14.9. The first-order valence-corrected chi connectivity index (χ1v) is 48.1. The number of benzene rings is 12. The van der Waals surface area contributed by atoms with Gasteiger partial charge in [-0.25, -0.2) is 19.9 Å². The summed E-state index contributed by atoms with van der Waals surface area (Å²) in [6.07, 6.45) is 34.3. The minimum absolute atomic E-state index is 0.904. The van der Waals surface area contributed by atoms with Crippen molar-refractivity contribution in [3.63, 3.8) is 0 Å². The van der Waals surface area contributed by atoms with Crippen LogP contribution in [0.2, 0.25) is 0 Å². The Morgan fingerprint density at radius 3 is 0.843 bits per heavy atom. The van der Waals surface area contributed by atoms with Gasteiger partial charge in [0, 0.05) is 135 Å². The molecule has 16 nitrogen and oxygen atoms in total. The van der Waals surface area contributed by atoms with Crippen molar-refractivity contribution in [2.45, 2.75) is 51.4 Å². The van der Waals surface area contributed by atoms with E-state index in [1.807, 2.05) is 98.9 Å². The predicted octanol–water partition coefficient (Wildman–Crippen LogP) is 26.9. The van der Waals surface area contributed by atoms with Crippen LogP contribution >= 0.6 is 0 Å². The molecule has 0 N–H and O–H groups in total. The molecule has 12 aromatic carbocycles. The third kappa shape index (κ3) is 10.3. The van der Waals surface area contributed by atoms with Gasteiger partial charge in [0.25, 0.3) is 0 Å². The minimum Gasteiger partial charge on any atom is -0.292 e. The van der Waals surface area contributed by atoms with Gasteiger partial charge in [0.1, 0.15) is 22.5 Å². The zero-order chi connectivity index (χ0) is 90.7. The van der Waals surface area contributed by atoms with Crippen LogP contribution in [-0.2, 0) is 51.4 Å². The molecule has 16 heteroatoms. The first-order valence-electron chi connectivity index (χ1n) is 48.1. The molecule has 0 atom stereocenters. The largest absolute Gasteiger partial charge is 0.292 e. The van der Waals surface area contributed by atoms with Crippen molar-refractivity contribution in [1.29, 1.82) is 0 Å². The number of aromatic nitrogens is 16. The highest BCUT2D eigenvalue weighted by Crippen LogP contribution is 2.57. The summed E-state index contributed by atoms with van der Waals surface area (Å²) < 4.78 is 9.15. The van der Waals surface area contributed by atoms with E-state index in [1.165, 1.54) is 178 Å². The second kappa shape index (κ2) is 27.7. The summed E-state index contributed by atoms with van der Waals surface area (Å²) in [6, 6.07) is 93.5. The zero-order valence-corrected chi connectivity index (χ0v) is 75.1. The Bertz CT molecular complexity index is 9460. The lowest BCUT2D eigenvalue weighted by Gasteiger charge is -2.10. The molecule has 648 valence electrons. The molecule has 0 unspecified atom stereocenters. The van der Waals surface area contributed by atoms with Gasteiger partial charge in [-0.05, 0) is 338 Å². The van der Waals surface area contributed by atoms with Gasteiger partial charge < -0.3 is 0 Å². The standard InChI is InChI=1S/4C31H18N4/c1-2-5-21-17(4-1)12-18-7-8-19-13-20-14-27-25(15-23(20)29(19)28(18)21)34-31-22-6-3-10-33-30(22)24-16-32-11-9-26(24)35(27)31;1-2-5-21-17(4-1)12-18-7-8-19-13-20-14-27-25(15-23(20)29(19)28(18)21)34-31-30-22(6-3-10-33-30)24-16-32-11-9-26(24)35(27)31;1-2-4-21-17(3-1)11-18-5-6-19-12-20-13-28-26(14-23(20)30(19)29(18)21)34-31-22-7-9-32-15-24(22)25-16-33-10-8-27(25)35(28)31;1-2-4-21-17(3-1)11-18-5-6-19-12-20-13-28-26(14-23(20)30(19)29(18)21)34-31-25-16-32-9-7-22(25)24-15-33-10-8-27(24)35(28)31/h2*1-11,14-16H,12-13H2;2*1-10,13-16H,11-12H2. The summed E-state index contributed by atoms with van der Waals surface area (Å²) >= 11 is 0. The van der Waals surface area contributed by atoms with Crippen LogP contribution in [-0.4, -0.2) is 77.4 Å². The first kappa shape index (κ1) is 75.1. The first-order chi connectivity index (χ1) is 69.4. The summed E-state index contributed by atoms with van der Waals surface area (Å²) in [5.41, 5.74) is 63.6. The van der Waals surface area contributed by atoms with Crippen LogP contribution in [0.5, 0.6) is 0 Å². The van der Waals surface area contributed by atoms with Crippen LogP contribution in [0.25, 0.3) is 243 Å². The van der Waals surface area contributed by atoms with Crippen LogP contribution in [0, 0.1) is 0 Å². The summed E-state index contributed by atoms with van der Waals surface area (Å²) in [5.74, 6) is 0. The normalized spacial score (nSPS) is 13.5. The van der Waals surface area contributed by atoms with Gasteiger partial charge in [0.05, 0.1) is 71.7 Å². The molecule has 16 aromatic heterocycles. The molecule has 140 heavy (non-hydrogen) atoms. The van der Waals surface area contributed by atoms with Gasteiger partial charge >= 0.3 is 0 Å². The SMILES string of the molecule is c1ccc2c(c1)Cc1ccc3c(c1-2)-c1cc2nc4c5cccnc5c5cnccc5n4c2cc1C3.c1ccc2c(c1)Cc1ccc3c(c1-2)-c1cc2nc4c5ccncc5c5cnccc5n4c2cc1C3.c1ccc2c(c1)Cc1ccc3c(c1-2)-c1cc2nc4c5cnccc5c5cnccc5n4c2cc1C3.c1ccc2c(c1)Cc1ccc3c(c1-2)-c1cc2nc4c5ncccc5c5cnccc5n4c2cc1C3. The molecular weight excluding hydrogens is 1710 g/mol. The smallest absolute Gasteiger partial charge is 0.165 e. The molecule has 0 saturated carbocycles. The highest BCUT2D eigenvalue weighted by molar-refractivity contribution is 6.18. The van der Waals surface area contributed by atoms with Gasteiger partial charge in [-0.1, -0.05) is 152 Å². The molecule has 0 bridgehead atoms. The average molecular weight is 1790 g/mol.